The maximum absolute atomic E-state index is 13.0. The standard InChI is InChI=1S/C19H21N3O2S.C14H11NO2S.C2HF3O2/c23-25(24,17-6-2-1-3-7-17)22-12-9-18-16(5-4-8-19(18)22)15-21-13-10-20-11-14-21;16-18(17,13-7-2-1-3-8-13)15-11-10-12-6-4-5-9-14(12)15;3-2(4,5)1(6)7/h1-9,12,20H,10-11,13-15H2;1-11H;(H,6,7). The van der Waals surface area contributed by atoms with Crippen molar-refractivity contribution in [2.24, 2.45) is 0 Å². The number of fused-ring (bicyclic) bond motifs is 2. The molecule has 0 spiro atoms. The van der Waals surface area contributed by atoms with Crippen molar-refractivity contribution >= 4 is 47.8 Å². The number of para-hydroxylation sites is 1. The molecule has 7 rings (SSSR count). The van der Waals surface area contributed by atoms with E-state index in [1.165, 1.54) is 13.5 Å². The van der Waals surface area contributed by atoms with Crippen LogP contribution in [0, 0.1) is 0 Å². The fourth-order valence-corrected chi connectivity index (χ4v) is 8.09. The van der Waals surface area contributed by atoms with E-state index in [0.717, 1.165) is 49.0 Å². The number of aromatic nitrogens is 2. The number of aliphatic carboxylic acids is 1. The predicted octanol–water partition coefficient (Wildman–Crippen LogP) is 5.80. The number of alkyl halides is 3. The van der Waals surface area contributed by atoms with Crippen molar-refractivity contribution in [3.8, 4) is 0 Å². The van der Waals surface area contributed by atoms with Gasteiger partial charge in [0.2, 0.25) is 0 Å². The lowest BCUT2D eigenvalue weighted by molar-refractivity contribution is -0.192. The van der Waals surface area contributed by atoms with Crippen LogP contribution >= 0.6 is 0 Å². The summed E-state index contributed by atoms with van der Waals surface area (Å²) < 4.78 is 85.3. The average Bonchev–Trinajstić information content (AvgIpc) is 3.76. The van der Waals surface area contributed by atoms with Gasteiger partial charge >= 0.3 is 12.1 Å². The molecule has 0 radical (unpaired) electrons. The lowest BCUT2D eigenvalue weighted by atomic mass is 10.1. The fourth-order valence-electron chi connectivity index (χ4n) is 5.34. The van der Waals surface area contributed by atoms with E-state index in [1.807, 2.05) is 42.5 Å². The molecular weight excluding hydrogens is 694 g/mol. The van der Waals surface area contributed by atoms with Gasteiger partial charge in [-0.3, -0.25) is 4.90 Å². The molecule has 1 aliphatic heterocycles. The summed E-state index contributed by atoms with van der Waals surface area (Å²) in [5.74, 6) is -2.76. The molecule has 0 bridgehead atoms. The van der Waals surface area contributed by atoms with Gasteiger partial charge in [-0.2, -0.15) is 13.2 Å². The molecule has 10 nitrogen and oxygen atoms in total. The molecule has 50 heavy (non-hydrogen) atoms. The highest BCUT2D eigenvalue weighted by Gasteiger charge is 2.38. The molecule has 1 aliphatic rings. The number of hydrogen-bond acceptors (Lipinski definition) is 7. The summed E-state index contributed by atoms with van der Waals surface area (Å²) in [7, 11) is -7.08. The van der Waals surface area contributed by atoms with Gasteiger partial charge in [0.1, 0.15) is 0 Å². The van der Waals surface area contributed by atoms with Crippen molar-refractivity contribution in [2.45, 2.75) is 22.5 Å². The molecule has 0 atom stereocenters. The number of carboxylic acids is 1. The molecule has 0 saturated carbocycles. The number of halogens is 3. The van der Waals surface area contributed by atoms with Gasteiger partial charge in [-0.25, -0.2) is 29.6 Å². The third-order valence-electron chi connectivity index (χ3n) is 7.80. The van der Waals surface area contributed by atoms with Crippen molar-refractivity contribution in [3.05, 3.63) is 133 Å². The van der Waals surface area contributed by atoms with Crippen LogP contribution < -0.4 is 5.32 Å². The van der Waals surface area contributed by atoms with Crippen LogP contribution in [0.15, 0.2) is 137 Å². The van der Waals surface area contributed by atoms with Crippen LogP contribution in [0.1, 0.15) is 5.56 Å². The SMILES string of the molecule is O=C(O)C(F)(F)F.O=S(=O)(c1ccccc1)n1ccc2c(CN3CCNCC3)cccc21.O=S(=O)(c1ccccc1)n1ccc2ccccc21. The van der Waals surface area contributed by atoms with Gasteiger partial charge in [0.25, 0.3) is 20.0 Å². The second kappa shape index (κ2) is 15.3. The van der Waals surface area contributed by atoms with Crippen LogP contribution in [0.3, 0.4) is 0 Å². The molecule has 1 saturated heterocycles. The first-order chi connectivity index (χ1) is 23.8. The molecule has 4 aromatic carbocycles. The first kappa shape index (κ1) is 36.3. The van der Waals surface area contributed by atoms with Crippen LogP contribution in [0.25, 0.3) is 21.8 Å². The normalized spacial score (nSPS) is 14.0. The largest absolute Gasteiger partial charge is 0.490 e. The van der Waals surface area contributed by atoms with Crippen molar-refractivity contribution in [2.75, 3.05) is 26.2 Å². The molecule has 15 heteroatoms. The highest BCUT2D eigenvalue weighted by molar-refractivity contribution is 7.90. The summed E-state index contributed by atoms with van der Waals surface area (Å²) in [6.45, 7) is 4.87. The van der Waals surface area contributed by atoms with Crippen molar-refractivity contribution < 1.29 is 39.9 Å². The van der Waals surface area contributed by atoms with Gasteiger partial charge in [-0.1, -0.05) is 66.7 Å². The third-order valence-corrected chi connectivity index (χ3v) is 11.2. The second-order valence-electron chi connectivity index (χ2n) is 11.1. The smallest absolute Gasteiger partial charge is 0.475 e. The van der Waals surface area contributed by atoms with E-state index >= 15 is 0 Å². The number of piperazine rings is 1. The van der Waals surface area contributed by atoms with Crippen molar-refractivity contribution in [1.82, 2.24) is 18.2 Å². The molecule has 2 aromatic heterocycles. The van der Waals surface area contributed by atoms with Crippen LogP contribution in [-0.4, -0.2) is 73.1 Å². The van der Waals surface area contributed by atoms with E-state index in [4.69, 9.17) is 9.90 Å². The van der Waals surface area contributed by atoms with Crippen LogP contribution in [0.5, 0.6) is 0 Å². The summed E-state index contributed by atoms with van der Waals surface area (Å²) in [6.07, 6.45) is -1.83. The Labute approximate surface area is 287 Å². The molecule has 6 aromatic rings. The van der Waals surface area contributed by atoms with Gasteiger partial charge in [0, 0.05) is 55.9 Å². The fraction of sp³-hybridized carbons (Fsp3) is 0.171. The molecule has 1 fully saturated rings. The maximum atomic E-state index is 13.0. The molecule has 0 unspecified atom stereocenters. The first-order valence-corrected chi connectivity index (χ1v) is 18.2. The van der Waals surface area contributed by atoms with E-state index in [1.54, 1.807) is 79.1 Å². The minimum Gasteiger partial charge on any atom is -0.475 e. The van der Waals surface area contributed by atoms with E-state index in [-0.39, 0.29) is 0 Å². The number of carboxylic acid groups (broad SMARTS) is 1. The van der Waals surface area contributed by atoms with E-state index in [2.05, 4.69) is 16.3 Å². The van der Waals surface area contributed by atoms with Gasteiger partial charge in [0.05, 0.1) is 20.8 Å². The predicted molar refractivity (Wildman–Crippen MR) is 184 cm³/mol. The Hall–Kier alpha value is -4.96. The topological polar surface area (TPSA) is 131 Å². The Morgan fingerprint density at radius 3 is 1.70 bits per heavy atom. The number of carbonyl (C=O) groups is 1. The zero-order valence-corrected chi connectivity index (χ0v) is 28.1. The summed E-state index contributed by atoms with van der Waals surface area (Å²) in [5, 5.41) is 12.4. The molecule has 2 N–H and O–H groups in total. The first-order valence-electron chi connectivity index (χ1n) is 15.3. The monoisotopic (exact) mass is 726 g/mol. The van der Waals surface area contributed by atoms with Crippen LogP contribution in [-0.2, 0) is 31.4 Å². The molecule has 0 aliphatic carbocycles. The van der Waals surface area contributed by atoms with Gasteiger partial charge in [-0.15, -0.1) is 0 Å². The second-order valence-corrected chi connectivity index (χ2v) is 14.7. The average molecular weight is 727 g/mol. The lowest BCUT2D eigenvalue weighted by Gasteiger charge is -2.27. The van der Waals surface area contributed by atoms with Crippen molar-refractivity contribution in [1.29, 1.82) is 0 Å². The van der Waals surface area contributed by atoms with E-state index < -0.39 is 32.2 Å². The molecular formula is C35H33F3N4O6S2. The summed E-state index contributed by atoms with van der Waals surface area (Å²) in [6, 6.07) is 34.0. The highest BCUT2D eigenvalue weighted by atomic mass is 32.2. The number of nitrogens with one attached hydrogen (secondary N) is 1. The van der Waals surface area contributed by atoms with Crippen molar-refractivity contribution in [3.63, 3.8) is 0 Å². The summed E-state index contributed by atoms with van der Waals surface area (Å²) in [4.78, 5) is 11.9. The maximum Gasteiger partial charge on any atom is 0.490 e. The summed E-state index contributed by atoms with van der Waals surface area (Å²) in [5.41, 5.74) is 2.60. The number of nitrogens with zero attached hydrogens (tertiary/aromatic N) is 3. The Morgan fingerprint density at radius 1 is 0.660 bits per heavy atom. The third kappa shape index (κ3) is 8.25. The number of benzene rings is 4. The highest BCUT2D eigenvalue weighted by Crippen LogP contribution is 2.26. The quantitative estimate of drug-likeness (QED) is 0.221. The Balaban J connectivity index is 0.000000170. The minimum atomic E-state index is -5.08. The zero-order valence-electron chi connectivity index (χ0n) is 26.4. The zero-order chi connectivity index (χ0) is 35.9. The van der Waals surface area contributed by atoms with Gasteiger partial charge in [-0.05, 0) is 54.1 Å². The Bertz CT molecular complexity index is 2290. The van der Waals surface area contributed by atoms with E-state index in [9.17, 15) is 30.0 Å². The summed E-state index contributed by atoms with van der Waals surface area (Å²) >= 11 is 0. The Morgan fingerprint density at radius 2 is 1.14 bits per heavy atom. The van der Waals surface area contributed by atoms with Crippen LogP contribution in [0.2, 0.25) is 0 Å². The number of rotatable bonds is 6. The number of hydrogen-bond donors (Lipinski definition) is 2. The van der Waals surface area contributed by atoms with Gasteiger partial charge in [0.15, 0.2) is 0 Å². The minimum absolute atomic E-state index is 0.298. The van der Waals surface area contributed by atoms with E-state index in [0.29, 0.717) is 15.3 Å². The lowest BCUT2D eigenvalue weighted by Crippen LogP contribution is -2.42. The van der Waals surface area contributed by atoms with Gasteiger partial charge < -0.3 is 10.4 Å². The van der Waals surface area contributed by atoms with Crippen LogP contribution in [0.4, 0.5) is 13.2 Å². The molecule has 3 heterocycles. The molecule has 0 amide bonds. The molecule has 262 valence electrons. The Kier molecular flexibility index (Phi) is 11.1.